The molecular weight excluding hydrogens is 302 g/mol. The maximum absolute atomic E-state index is 12.2. The normalized spacial score (nSPS) is 14.0. The average Bonchev–Trinajstić information content (AvgIpc) is 3.02. The number of amides is 1. The quantitative estimate of drug-likeness (QED) is 0.858. The fourth-order valence-corrected chi connectivity index (χ4v) is 3.22. The Morgan fingerprint density at radius 3 is 2.50 bits per heavy atom. The molecule has 0 fully saturated rings. The third-order valence-corrected chi connectivity index (χ3v) is 4.44. The molecule has 1 atom stereocenters. The Labute approximate surface area is 141 Å². The number of rotatable bonds is 6. The van der Waals surface area contributed by atoms with Gasteiger partial charge in [0.05, 0.1) is 6.42 Å². The van der Waals surface area contributed by atoms with Gasteiger partial charge in [0, 0.05) is 6.42 Å². The highest BCUT2D eigenvalue weighted by atomic mass is 16.4. The number of carboxylic acid groups (broad SMARTS) is 1. The van der Waals surface area contributed by atoms with Crippen LogP contribution in [-0.4, -0.2) is 23.0 Å². The van der Waals surface area contributed by atoms with E-state index in [1.165, 1.54) is 17.5 Å². The maximum Gasteiger partial charge on any atom is 0.326 e. The molecule has 0 heterocycles. The van der Waals surface area contributed by atoms with Crippen LogP contribution in [0.3, 0.4) is 0 Å². The van der Waals surface area contributed by atoms with Crippen LogP contribution in [0.4, 0.5) is 0 Å². The van der Waals surface area contributed by atoms with E-state index in [2.05, 4.69) is 17.4 Å². The number of aliphatic carboxylic acids is 1. The lowest BCUT2D eigenvalue weighted by molar-refractivity contribution is -0.141. The van der Waals surface area contributed by atoms with E-state index < -0.39 is 12.0 Å². The number of carboxylic acids is 1. The number of aryl methyl sites for hydroxylation is 2. The molecular formula is C20H21NO3. The van der Waals surface area contributed by atoms with Crippen LogP contribution in [0.5, 0.6) is 0 Å². The molecule has 4 heteroatoms. The van der Waals surface area contributed by atoms with Crippen molar-refractivity contribution in [3.63, 3.8) is 0 Å². The van der Waals surface area contributed by atoms with E-state index in [9.17, 15) is 14.7 Å². The number of hydrogen-bond acceptors (Lipinski definition) is 2. The van der Waals surface area contributed by atoms with E-state index >= 15 is 0 Å². The topological polar surface area (TPSA) is 66.4 Å². The summed E-state index contributed by atoms with van der Waals surface area (Å²) >= 11 is 0. The zero-order valence-corrected chi connectivity index (χ0v) is 13.5. The molecule has 4 nitrogen and oxygen atoms in total. The van der Waals surface area contributed by atoms with Gasteiger partial charge in [-0.05, 0) is 41.5 Å². The Bertz CT molecular complexity index is 740. The highest BCUT2D eigenvalue weighted by Gasteiger charge is 2.21. The van der Waals surface area contributed by atoms with E-state index in [0.29, 0.717) is 0 Å². The standard InChI is InChI=1S/C20H21NO3/c22-19(13-15-9-10-16-7-4-8-17(16)11-15)21-18(20(23)24)12-14-5-2-1-3-6-14/h1-3,5-6,9-11,18H,4,7-8,12-13H2,(H,21,22)(H,23,24). The van der Waals surface area contributed by atoms with E-state index in [1.807, 2.05) is 36.4 Å². The van der Waals surface area contributed by atoms with E-state index in [-0.39, 0.29) is 18.7 Å². The average molecular weight is 323 g/mol. The van der Waals surface area contributed by atoms with Crippen LogP contribution in [0.1, 0.15) is 28.7 Å². The first kappa shape index (κ1) is 16.2. The highest BCUT2D eigenvalue weighted by Crippen LogP contribution is 2.23. The zero-order chi connectivity index (χ0) is 16.9. The molecule has 1 aliphatic rings. The Kier molecular flexibility index (Phi) is 4.94. The van der Waals surface area contributed by atoms with Crippen molar-refractivity contribution in [3.05, 3.63) is 70.8 Å². The van der Waals surface area contributed by atoms with Crippen LogP contribution >= 0.6 is 0 Å². The van der Waals surface area contributed by atoms with Crippen molar-refractivity contribution >= 4 is 11.9 Å². The van der Waals surface area contributed by atoms with E-state index in [4.69, 9.17) is 0 Å². The molecule has 124 valence electrons. The SMILES string of the molecule is O=C(Cc1ccc2c(c1)CCC2)NC(Cc1ccccc1)C(=O)O. The molecule has 0 saturated carbocycles. The van der Waals surface area contributed by atoms with Crippen LogP contribution in [0.25, 0.3) is 0 Å². The number of nitrogens with one attached hydrogen (secondary N) is 1. The first-order valence-electron chi connectivity index (χ1n) is 8.28. The molecule has 3 rings (SSSR count). The molecule has 0 bridgehead atoms. The first-order valence-corrected chi connectivity index (χ1v) is 8.28. The second-order valence-electron chi connectivity index (χ2n) is 6.28. The molecule has 0 saturated heterocycles. The fourth-order valence-electron chi connectivity index (χ4n) is 3.22. The Morgan fingerprint density at radius 2 is 1.75 bits per heavy atom. The van der Waals surface area contributed by atoms with Gasteiger partial charge >= 0.3 is 5.97 Å². The molecule has 0 aromatic heterocycles. The van der Waals surface area contributed by atoms with Gasteiger partial charge in [-0.2, -0.15) is 0 Å². The second-order valence-corrected chi connectivity index (χ2v) is 6.28. The van der Waals surface area contributed by atoms with Crippen molar-refractivity contribution in [1.82, 2.24) is 5.32 Å². The number of carbonyl (C=O) groups excluding carboxylic acids is 1. The predicted octanol–water partition coefficient (Wildman–Crippen LogP) is 2.53. The van der Waals surface area contributed by atoms with Gasteiger partial charge < -0.3 is 10.4 Å². The lowest BCUT2D eigenvalue weighted by Crippen LogP contribution is -2.43. The number of hydrogen-bond donors (Lipinski definition) is 2. The summed E-state index contributed by atoms with van der Waals surface area (Å²) in [5.41, 5.74) is 4.52. The predicted molar refractivity (Wildman–Crippen MR) is 91.9 cm³/mol. The van der Waals surface area contributed by atoms with Gasteiger partial charge in [-0.15, -0.1) is 0 Å². The van der Waals surface area contributed by atoms with Crippen LogP contribution in [0.15, 0.2) is 48.5 Å². The summed E-state index contributed by atoms with van der Waals surface area (Å²) in [5.74, 6) is -1.27. The minimum Gasteiger partial charge on any atom is -0.480 e. The maximum atomic E-state index is 12.2. The van der Waals surface area contributed by atoms with Gasteiger partial charge in [-0.1, -0.05) is 48.5 Å². The van der Waals surface area contributed by atoms with Gasteiger partial charge in [0.1, 0.15) is 6.04 Å². The largest absolute Gasteiger partial charge is 0.480 e. The summed E-state index contributed by atoms with van der Waals surface area (Å²) in [5, 5.41) is 12.0. The molecule has 2 aromatic carbocycles. The second kappa shape index (κ2) is 7.30. The summed E-state index contributed by atoms with van der Waals surface area (Å²) in [7, 11) is 0. The molecule has 24 heavy (non-hydrogen) atoms. The van der Waals surface area contributed by atoms with Crippen molar-refractivity contribution in [2.24, 2.45) is 0 Å². The fraction of sp³-hybridized carbons (Fsp3) is 0.300. The summed E-state index contributed by atoms with van der Waals surface area (Å²) in [4.78, 5) is 23.7. The summed E-state index contributed by atoms with van der Waals surface area (Å²) in [6, 6.07) is 14.6. The number of fused-ring (bicyclic) bond motifs is 1. The third kappa shape index (κ3) is 4.02. The van der Waals surface area contributed by atoms with Crippen molar-refractivity contribution in [2.45, 2.75) is 38.1 Å². The van der Waals surface area contributed by atoms with Gasteiger partial charge in [0.25, 0.3) is 0 Å². The minimum absolute atomic E-state index is 0.214. The highest BCUT2D eigenvalue weighted by molar-refractivity contribution is 5.85. The molecule has 1 amide bonds. The van der Waals surface area contributed by atoms with Crippen LogP contribution in [0.2, 0.25) is 0 Å². The lowest BCUT2D eigenvalue weighted by atomic mass is 10.0. The third-order valence-electron chi connectivity index (χ3n) is 4.44. The molecule has 1 aliphatic carbocycles. The Hall–Kier alpha value is -2.62. The Balaban J connectivity index is 1.62. The Morgan fingerprint density at radius 1 is 1.00 bits per heavy atom. The van der Waals surface area contributed by atoms with E-state index in [0.717, 1.165) is 24.0 Å². The van der Waals surface area contributed by atoms with Crippen molar-refractivity contribution < 1.29 is 14.7 Å². The molecule has 0 aliphatic heterocycles. The molecule has 0 radical (unpaired) electrons. The molecule has 0 spiro atoms. The van der Waals surface area contributed by atoms with E-state index in [1.54, 1.807) is 0 Å². The summed E-state index contributed by atoms with van der Waals surface area (Å²) in [6.07, 6.45) is 3.84. The monoisotopic (exact) mass is 323 g/mol. The minimum atomic E-state index is -1.01. The van der Waals surface area contributed by atoms with Crippen LogP contribution in [-0.2, 0) is 35.3 Å². The summed E-state index contributed by atoms with van der Waals surface area (Å²) in [6.45, 7) is 0. The number of carbonyl (C=O) groups is 2. The molecule has 2 aromatic rings. The van der Waals surface area contributed by atoms with Gasteiger partial charge in [-0.3, -0.25) is 4.79 Å². The van der Waals surface area contributed by atoms with Crippen LogP contribution in [0, 0.1) is 0 Å². The van der Waals surface area contributed by atoms with Crippen molar-refractivity contribution in [1.29, 1.82) is 0 Å². The van der Waals surface area contributed by atoms with Gasteiger partial charge in [0.2, 0.25) is 5.91 Å². The van der Waals surface area contributed by atoms with Crippen molar-refractivity contribution in [2.75, 3.05) is 0 Å². The number of benzene rings is 2. The summed E-state index contributed by atoms with van der Waals surface area (Å²) < 4.78 is 0. The zero-order valence-electron chi connectivity index (χ0n) is 13.5. The molecule has 1 unspecified atom stereocenters. The lowest BCUT2D eigenvalue weighted by Gasteiger charge is -2.15. The molecule has 2 N–H and O–H groups in total. The van der Waals surface area contributed by atoms with Crippen molar-refractivity contribution in [3.8, 4) is 0 Å². The van der Waals surface area contributed by atoms with Gasteiger partial charge in [-0.25, -0.2) is 4.79 Å². The smallest absolute Gasteiger partial charge is 0.326 e. The first-order chi connectivity index (χ1) is 11.6. The van der Waals surface area contributed by atoms with Gasteiger partial charge in [0.15, 0.2) is 0 Å². The van der Waals surface area contributed by atoms with Crippen LogP contribution < -0.4 is 5.32 Å².